The van der Waals surface area contributed by atoms with E-state index in [2.05, 4.69) is 4.18 Å². The fraction of sp³-hybridized carbons (Fsp3) is 0.455. The maximum atomic E-state index is 12.1. The van der Waals surface area contributed by atoms with Gasteiger partial charge in [-0.3, -0.25) is 4.18 Å². The molecule has 0 aliphatic carbocycles. The first-order chi connectivity index (χ1) is 11.0. The Kier molecular flexibility index (Phi) is 5.39. The van der Waals surface area contributed by atoms with Crippen molar-refractivity contribution in [2.45, 2.75) is 18.2 Å². The van der Waals surface area contributed by atoms with E-state index in [1.165, 1.54) is 24.3 Å². The average Bonchev–Trinajstić information content (AvgIpc) is 3.26. The maximum Gasteiger partial charge on any atom is 0.512 e. The third-order valence-electron chi connectivity index (χ3n) is 2.66. The molecule has 2 rings (SSSR count). The molecule has 8 nitrogen and oxygen atoms in total. The number of hydrogen-bond acceptors (Lipinski definition) is 7. The Morgan fingerprint density at radius 3 is 2.25 bits per heavy atom. The van der Waals surface area contributed by atoms with E-state index in [4.69, 9.17) is 9.47 Å². The molecule has 24 heavy (non-hydrogen) atoms. The van der Waals surface area contributed by atoms with Gasteiger partial charge >= 0.3 is 25.8 Å². The van der Waals surface area contributed by atoms with Gasteiger partial charge in [0.15, 0.2) is 0 Å². The van der Waals surface area contributed by atoms with E-state index >= 15 is 0 Å². The molecule has 1 aliphatic heterocycles. The van der Waals surface area contributed by atoms with E-state index in [0.717, 1.165) is 0 Å². The smallest absolute Gasteiger partial charge is 0.491 e. The van der Waals surface area contributed by atoms with E-state index < -0.39 is 32.4 Å². The molecule has 1 atom stereocenters. The number of benzene rings is 1. The standard InChI is InChI=1S/C11H12F3NO7S2/c12-11(13,14)23(16,17)15-24(18,19)22-5-8-1-3-9(4-2-8)20-6-10-7-21-10/h1-4,10,15H,5-7H2. The predicted molar refractivity (Wildman–Crippen MR) is 73.5 cm³/mol. The highest BCUT2D eigenvalue weighted by Gasteiger charge is 2.48. The van der Waals surface area contributed by atoms with Crippen molar-refractivity contribution in [2.24, 2.45) is 0 Å². The first kappa shape index (κ1) is 18.9. The van der Waals surface area contributed by atoms with Gasteiger partial charge in [-0.25, -0.2) is 8.42 Å². The minimum absolute atomic E-state index is 0.0554. The minimum atomic E-state index is -6.07. The first-order valence-corrected chi connectivity index (χ1v) is 9.20. The van der Waals surface area contributed by atoms with Gasteiger partial charge in [0.05, 0.1) is 13.2 Å². The molecule has 136 valence electrons. The number of sulfonamides is 1. The number of nitrogens with one attached hydrogen (secondary N) is 1. The summed E-state index contributed by atoms with van der Waals surface area (Å²) in [5.74, 6) is 0.481. The average molecular weight is 391 g/mol. The van der Waals surface area contributed by atoms with Crippen LogP contribution < -0.4 is 8.86 Å². The quantitative estimate of drug-likeness (QED) is 0.648. The van der Waals surface area contributed by atoms with Crippen molar-refractivity contribution >= 4 is 20.3 Å². The topological polar surface area (TPSA) is 111 Å². The van der Waals surface area contributed by atoms with Gasteiger partial charge in [0.2, 0.25) is 0 Å². The van der Waals surface area contributed by atoms with E-state index in [0.29, 0.717) is 23.1 Å². The van der Waals surface area contributed by atoms with Crippen LogP contribution in [0.5, 0.6) is 5.75 Å². The fourth-order valence-electron chi connectivity index (χ4n) is 1.39. The van der Waals surface area contributed by atoms with Crippen LogP contribution in [-0.2, 0) is 35.9 Å². The lowest BCUT2D eigenvalue weighted by Crippen LogP contribution is -2.40. The number of hydrogen-bond donors (Lipinski definition) is 1. The summed E-state index contributed by atoms with van der Waals surface area (Å²) >= 11 is 0. The molecule has 1 unspecified atom stereocenters. The van der Waals surface area contributed by atoms with Crippen molar-refractivity contribution in [3.8, 4) is 5.75 Å². The van der Waals surface area contributed by atoms with Crippen LogP contribution in [0.3, 0.4) is 0 Å². The van der Waals surface area contributed by atoms with Crippen molar-refractivity contribution in [1.82, 2.24) is 4.13 Å². The zero-order valence-corrected chi connectivity index (χ0v) is 13.4. The highest BCUT2D eigenvalue weighted by atomic mass is 32.3. The number of alkyl halides is 3. The van der Waals surface area contributed by atoms with E-state index in [1.54, 1.807) is 0 Å². The molecule has 0 bridgehead atoms. The van der Waals surface area contributed by atoms with Crippen LogP contribution in [0.4, 0.5) is 13.2 Å². The molecule has 0 spiro atoms. The van der Waals surface area contributed by atoms with E-state index in [1.807, 2.05) is 0 Å². The van der Waals surface area contributed by atoms with Crippen LogP contribution in [0.25, 0.3) is 0 Å². The van der Waals surface area contributed by atoms with Gasteiger partial charge in [-0.05, 0) is 17.7 Å². The van der Waals surface area contributed by atoms with Gasteiger partial charge in [0, 0.05) is 0 Å². The van der Waals surface area contributed by atoms with Crippen LogP contribution in [0, 0.1) is 0 Å². The number of epoxide rings is 1. The molecule has 1 aromatic rings. The molecular formula is C11H12F3NO7S2. The monoisotopic (exact) mass is 391 g/mol. The fourth-order valence-corrected chi connectivity index (χ4v) is 3.32. The second kappa shape index (κ2) is 6.84. The molecule has 0 amide bonds. The number of rotatable bonds is 8. The molecule has 1 fully saturated rings. The van der Waals surface area contributed by atoms with E-state index in [-0.39, 0.29) is 11.7 Å². The normalized spacial score (nSPS) is 18.4. The minimum Gasteiger partial charge on any atom is -0.491 e. The highest BCUT2D eigenvalue weighted by Crippen LogP contribution is 2.22. The molecule has 1 N–H and O–H groups in total. The van der Waals surface area contributed by atoms with Gasteiger partial charge in [0.25, 0.3) is 0 Å². The van der Waals surface area contributed by atoms with Crippen LogP contribution in [0.2, 0.25) is 0 Å². The molecule has 13 heteroatoms. The Morgan fingerprint density at radius 1 is 1.17 bits per heavy atom. The van der Waals surface area contributed by atoms with Gasteiger partial charge in [-0.1, -0.05) is 16.3 Å². The lowest BCUT2D eigenvalue weighted by atomic mass is 10.2. The van der Waals surface area contributed by atoms with Crippen molar-refractivity contribution in [3.05, 3.63) is 29.8 Å². The summed E-state index contributed by atoms with van der Waals surface area (Å²) in [4.78, 5) is 0. The summed E-state index contributed by atoms with van der Waals surface area (Å²) in [5.41, 5.74) is -5.49. The molecule has 1 heterocycles. The van der Waals surface area contributed by atoms with Crippen LogP contribution in [0.1, 0.15) is 5.56 Å². The summed E-state index contributed by atoms with van der Waals surface area (Å²) in [7, 11) is -11.2. The Bertz CT molecular complexity index is 771. The van der Waals surface area contributed by atoms with Gasteiger partial charge in [0.1, 0.15) is 18.5 Å². The zero-order valence-electron chi connectivity index (χ0n) is 11.8. The summed E-state index contributed by atoms with van der Waals surface area (Å²) in [5, 5.41) is 0. The molecular weight excluding hydrogens is 379 g/mol. The molecule has 1 saturated heterocycles. The van der Waals surface area contributed by atoms with Crippen molar-refractivity contribution < 1.29 is 43.7 Å². The first-order valence-electron chi connectivity index (χ1n) is 6.31. The Morgan fingerprint density at radius 2 is 1.75 bits per heavy atom. The second-order valence-corrected chi connectivity index (χ2v) is 7.94. The van der Waals surface area contributed by atoms with Crippen LogP contribution >= 0.6 is 0 Å². The number of ether oxygens (including phenoxy) is 2. The maximum absolute atomic E-state index is 12.1. The lowest BCUT2D eigenvalue weighted by molar-refractivity contribution is -0.0442. The van der Waals surface area contributed by atoms with Crippen LogP contribution in [0.15, 0.2) is 24.3 Å². The molecule has 0 aromatic heterocycles. The Labute approximate surface area is 135 Å². The second-order valence-electron chi connectivity index (χ2n) is 4.66. The van der Waals surface area contributed by atoms with E-state index in [9.17, 15) is 30.0 Å². The van der Waals surface area contributed by atoms with Gasteiger partial charge < -0.3 is 9.47 Å². The summed E-state index contributed by atoms with van der Waals surface area (Å²) in [6.45, 7) is 0.329. The van der Waals surface area contributed by atoms with Gasteiger partial charge in [-0.15, -0.1) is 0 Å². The largest absolute Gasteiger partial charge is 0.512 e. The van der Waals surface area contributed by atoms with Crippen molar-refractivity contribution in [3.63, 3.8) is 0 Å². The van der Waals surface area contributed by atoms with Crippen molar-refractivity contribution in [1.29, 1.82) is 0 Å². The third kappa shape index (κ3) is 5.59. The summed E-state index contributed by atoms with van der Waals surface area (Å²) < 4.78 is 95.3. The molecule has 1 aliphatic rings. The lowest BCUT2D eigenvalue weighted by Gasteiger charge is -2.10. The van der Waals surface area contributed by atoms with Crippen LogP contribution in [-0.4, -0.2) is 41.7 Å². The summed E-state index contributed by atoms with van der Waals surface area (Å²) in [6.07, 6.45) is 0.0554. The molecule has 0 radical (unpaired) electrons. The molecule has 0 saturated carbocycles. The SMILES string of the molecule is O=S(=O)(NS(=O)(=O)C(F)(F)F)OCc1ccc(OCC2CO2)cc1. The highest BCUT2D eigenvalue weighted by molar-refractivity contribution is 8.03. The third-order valence-corrected chi connectivity index (χ3v) is 5.39. The predicted octanol–water partition coefficient (Wildman–Crippen LogP) is 0.665. The zero-order chi connectivity index (χ0) is 18.0. The van der Waals surface area contributed by atoms with Crippen molar-refractivity contribution in [2.75, 3.05) is 13.2 Å². The number of halogens is 3. The molecule has 1 aromatic carbocycles. The Balaban J connectivity index is 1.89. The van der Waals surface area contributed by atoms with Gasteiger partial charge in [-0.2, -0.15) is 21.6 Å². The Hall–Kier alpha value is -1.41. The summed E-state index contributed by atoms with van der Waals surface area (Å²) in [6, 6.07) is 5.81.